The molecule has 4 rings (SSSR count). The second-order valence-electron chi connectivity index (χ2n) is 6.24. The van der Waals surface area contributed by atoms with Crippen LogP contribution < -0.4 is 5.32 Å². The lowest BCUT2D eigenvalue weighted by atomic mass is 10.00. The lowest BCUT2D eigenvalue weighted by molar-refractivity contribution is 0.0698. The summed E-state index contributed by atoms with van der Waals surface area (Å²) in [5.41, 5.74) is 5.10. The molecule has 0 amide bonds. The highest BCUT2D eigenvalue weighted by atomic mass is 16.4. The molecule has 1 fully saturated rings. The van der Waals surface area contributed by atoms with Crippen molar-refractivity contribution in [2.75, 3.05) is 5.32 Å². The Hall–Kier alpha value is -2.75. The van der Waals surface area contributed by atoms with Crippen LogP contribution in [0.25, 0.3) is 10.9 Å². The van der Waals surface area contributed by atoms with E-state index in [1.54, 1.807) is 0 Å². The Morgan fingerprint density at radius 2 is 2.04 bits per heavy atom. The molecule has 3 N–H and O–H groups in total. The summed E-state index contributed by atoms with van der Waals surface area (Å²) >= 11 is 0. The van der Waals surface area contributed by atoms with E-state index < -0.39 is 5.97 Å². The maximum atomic E-state index is 11.7. The maximum absolute atomic E-state index is 11.7. The van der Waals surface area contributed by atoms with Crippen molar-refractivity contribution >= 4 is 28.2 Å². The summed E-state index contributed by atoms with van der Waals surface area (Å²) in [4.78, 5) is 14.8. The number of aromatic carboxylic acids is 1. The SMILES string of the molecule is Cc1cc(C2CC2)cc(C(=O)O)c1Nc1ccc2[nH]ccc2c1. The number of hydrogen-bond donors (Lipinski definition) is 3. The van der Waals surface area contributed by atoms with E-state index in [1.807, 2.05) is 43.5 Å². The molecule has 0 spiro atoms. The first-order chi connectivity index (χ1) is 11.1. The number of nitrogens with one attached hydrogen (secondary N) is 2. The molecule has 1 aliphatic carbocycles. The Morgan fingerprint density at radius 1 is 1.22 bits per heavy atom. The summed E-state index contributed by atoms with van der Waals surface area (Å²) < 4.78 is 0. The molecule has 0 saturated heterocycles. The predicted octanol–water partition coefficient (Wildman–Crippen LogP) is 4.80. The van der Waals surface area contributed by atoms with E-state index in [1.165, 1.54) is 0 Å². The fourth-order valence-corrected chi connectivity index (χ4v) is 3.08. The quantitative estimate of drug-likeness (QED) is 0.649. The Balaban J connectivity index is 1.76. The van der Waals surface area contributed by atoms with Crippen molar-refractivity contribution in [1.82, 2.24) is 4.98 Å². The topological polar surface area (TPSA) is 65.1 Å². The highest BCUT2D eigenvalue weighted by Gasteiger charge is 2.26. The number of H-pyrrole nitrogens is 1. The van der Waals surface area contributed by atoms with Gasteiger partial charge in [-0.25, -0.2) is 4.79 Å². The molecular formula is C19H18N2O2. The number of aromatic amines is 1. The Morgan fingerprint density at radius 3 is 2.78 bits per heavy atom. The van der Waals surface area contributed by atoms with E-state index in [-0.39, 0.29) is 0 Å². The molecule has 0 atom stereocenters. The van der Waals surface area contributed by atoms with Gasteiger partial charge in [0, 0.05) is 22.8 Å². The van der Waals surface area contributed by atoms with Crippen molar-refractivity contribution in [1.29, 1.82) is 0 Å². The molecular weight excluding hydrogens is 288 g/mol. The third kappa shape index (κ3) is 2.57. The van der Waals surface area contributed by atoms with Crippen LogP contribution in [0.5, 0.6) is 0 Å². The second kappa shape index (κ2) is 5.16. The molecule has 1 heterocycles. The number of benzene rings is 2. The number of rotatable bonds is 4. The molecule has 116 valence electrons. The molecule has 0 bridgehead atoms. The summed E-state index contributed by atoms with van der Waals surface area (Å²) in [6.07, 6.45) is 4.22. The van der Waals surface area contributed by atoms with E-state index in [0.29, 0.717) is 17.2 Å². The zero-order valence-corrected chi connectivity index (χ0v) is 12.9. The fourth-order valence-electron chi connectivity index (χ4n) is 3.08. The zero-order valence-electron chi connectivity index (χ0n) is 12.9. The number of carboxylic acid groups (broad SMARTS) is 1. The van der Waals surface area contributed by atoms with Crippen LogP contribution in [-0.2, 0) is 0 Å². The Labute approximate surface area is 134 Å². The normalized spacial score (nSPS) is 14.1. The van der Waals surface area contributed by atoms with Crippen molar-refractivity contribution in [2.24, 2.45) is 0 Å². The van der Waals surface area contributed by atoms with Crippen LogP contribution in [0.2, 0.25) is 0 Å². The number of hydrogen-bond acceptors (Lipinski definition) is 2. The number of aromatic nitrogens is 1. The van der Waals surface area contributed by atoms with Crippen LogP contribution in [0.4, 0.5) is 11.4 Å². The van der Waals surface area contributed by atoms with Gasteiger partial charge in [0.15, 0.2) is 0 Å². The van der Waals surface area contributed by atoms with Gasteiger partial charge >= 0.3 is 5.97 Å². The molecule has 1 aromatic heterocycles. The lowest BCUT2D eigenvalue weighted by Gasteiger charge is -2.15. The summed E-state index contributed by atoms with van der Waals surface area (Å²) in [7, 11) is 0. The Bertz CT molecular complexity index is 907. The van der Waals surface area contributed by atoms with E-state index >= 15 is 0 Å². The average Bonchev–Trinajstić information content (AvgIpc) is 3.27. The van der Waals surface area contributed by atoms with Gasteiger partial charge < -0.3 is 15.4 Å². The van der Waals surface area contributed by atoms with Gasteiger partial charge in [-0.1, -0.05) is 6.07 Å². The highest BCUT2D eigenvalue weighted by Crippen LogP contribution is 2.42. The van der Waals surface area contributed by atoms with Crippen LogP contribution in [0.15, 0.2) is 42.6 Å². The molecule has 2 aromatic carbocycles. The van der Waals surface area contributed by atoms with Gasteiger partial charge in [-0.2, -0.15) is 0 Å². The van der Waals surface area contributed by atoms with Gasteiger partial charge in [0.25, 0.3) is 0 Å². The molecule has 4 heteroatoms. The first kappa shape index (κ1) is 13.9. The van der Waals surface area contributed by atoms with Crippen LogP contribution in [0.1, 0.15) is 40.2 Å². The monoisotopic (exact) mass is 306 g/mol. The molecule has 23 heavy (non-hydrogen) atoms. The molecule has 0 unspecified atom stereocenters. The number of carboxylic acids is 1. The predicted molar refractivity (Wildman–Crippen MR) is 91.7 cm³/mol. The van der Waals surface area contributed by atoms with Gasteiger partial charge in [0.1, 0.15) is 0 Å². The number of aryl methyl sites for hydroxylation is 1. The fraction of sp³-hybridized carbons (Fsp3) is 0.211. The maximum Gasteiger partial charge on any atom is 0.337 e. The molecule has 1 aliphatic rings. The number of fused-ring (bicyclic) bond motifs is 1. The van der Waals surface area contributed by atoms with Crippen molar-refractivity contribution < 1.29 is 9.90 Å². The molecule has 1 saturated carbocycles. The van der Waals surface area contributed by atoms with Crippen molar-refractivity contribution in [2.45, 2.75) is 25.7 Å². The van der Waals surface area contributed by atoms with Gasteiger partial charge in [0.2, 0.25) is 0 Å². The van der Waals surface area contributed by atoms with Gasteiger partial charge in [-0.15, -0.1) is 0 Å². The van der Waals surface area contributed by atoms with E-state index in [0.717, 1.165) is 40.6 Å². The van der Waals surface area contributed by atoms with E-state index in [9.17, 15) is 9.90 Å². The van der Waals surface area contributed by atoms with Crippen molar-refractivity contribution in [3.8, 4) is 0 Å². The minimum atomic E-state index is -0.888. The minimum absolute atomic E-state index is 0.348. The molecule has 0 aliphatic heterocycles. The minimum Gasteiger partial charge on any atom is -0.478 e. The summed E-state index contributed by atoms with van der Waals surface area (Å²) in [5.74, 6) is -0.349. The largest absolute Gasteiger partial charge is 0.478 e. The third-order valence-electron chi connectivity index (χ3n) is 4.46. The molecule has 4 nitrogen and oxygen atoms in total. The Kier molecular flexibility index (Phi) is 3.11. The first-order valence-electron chi connectivity index (χ1n) is 7.84. The van der Waals surface area contributed by atoms with Gasteiger partial charge in [-0.05, 0) is 67.1 Å². The lowest BCUT2D eigenvalue weighted by Crippen LogP contribution is -2.06. The van der Waals surface area contributed by atoms with Crippen molar-refractivity contribution in [3.63, 3.8) is 0 Å². The van der Waals surface area contributed by atoms with Gasteiger partial charge in [-0.3, -0.25) is 0 Å². The van der Waals surface area contributed by atoms with E-state index in [4.69, 9.17) is 0 Å². The smallest absolute Gasteiger partial charge is 0.337 e. The summed E-state index contributed by atoms with van der Waals surface area (Å²) in [6, 6.07) is 11.9. The van der Waals surface area contributed by atoms with Crippen LogP contribution in [0, 0.1) is 6.92 Å². The van der Waals surface area contributed by atoms with Gasteiger partial charge in [0.05, 0.1) is 11.3 Å². The van der Waals surface area contributed by atoms with Crippen LogP contribution in [0.3, 0.4) is 0 Å². The van der Waals surface area contributed by atoms with Crippen molar-refractivity contribution in [3.05, 3.63) is 59.3 Å². The summed E-state index contributed by atoms with van der Waals surface area (Å²) in [6.45, 7) is 1.97. The van der Waals surface area contributed by atoms with Crippen LogP contribution in [-0.4, -0.2) is 16.1 Å². The number of anilines is 2. The molecule has 3 aromatic rings. The van der Waals surface area contributed by atoms with Crippen LogP contribution >= 0.6 is 0 Å². The molecule has 0 radical (unpaired) electrons. The highest BCUT2D eigenvalue weighted by molar-refractivity contribution is 5.97. The average molecular weight is 306 g/mol. The third-order valence-corrected chi connectivity index (χ3v) is 4.46. The first-order valence-corrected chi connectivity index (χ1v) is 7.84. The number of carbonyl (C=O) groups is 1. The zero-order chi connectivity index (χ0) is 16.0. The standard InChI is InChI=1S/C19H18N2O2/c1-11-8-14(12-2-3-12)10-16(19(22)23)18(11)21-15-4-5-17-13(9-15)6-7-20-17/h4-10,12,20-21H,2-3H2,1H3,(H,22,23). The second-order valence-corrected chi connectivity index (χ2v) is 6.24. The summed E-state index contributed by atoms with van der Waals surface area (Å²) in [5, 5.41) is 14.0. The van der Waals surface area contributed by atoms with E-state index in [2.05, 4.69) is 16.4 Å².